The van der Waals surface area contributed by atoms with E-state index in [0.717, 1.165) is 0 Å². The zero-order valence-corrected chi connectivity index (χ0v) is 43.6. The zero-order chi connectivity index (χ0) is 56.0. The number of ether oxygens (including phenoxy) is 9. The zero-order valence-electron chi connectivity index (χ0n) is 43.6. The van der Waals surface area contributed by atoms with Crippen molar-refractivity contribution < 1.29 is 85.8 Å². The Hall–Kier alpha value is -9.45. The first-order valence-electron chi connectivity index (χ1n) is 24.6. The van der Waals surface area contributed by atoms with Crippen molar-refractivity contribution in [1.29, 1.82) is 0 Å². The van der Waals surface area contributed by atoms with Crippen LogP contribution < -0.4 is 42.6 Å². The van der Waals surface area contributed by atoms with Crippen LogP contribution in [0.1, 0.15) is 153 Å². The van der Waals surface area contributed by atoms with Crippen LogP contribution in [0, 0.1) is 0 Å². The molecule has 6 aromatic rings. The van der Waals surface area contributed by atoms with Crippen LogP contribution in [0.2, 0.25) is 0 Å². The molecule has 3 aliphatic rings. The second kappa shape index (κ2) is 21.3. The van der Waals surface area contributed by atoms with Crippen molar-refractivity contribution in [2.45, 2.75) is 97.8 Å². The van der Waals surface area contributed by atoms with Crippen molar-refractivity contribution in [1.82, 2.24) is 0 Å². The first kappa shape index (κ1) is 53.4. The summed E-state index contributed by atoms with van der Waals surface area (Å²) < 4.78 is 52.8. The van der Waals surface area contributed by atoms with Gasteiger partial charge in [-0.05, 0) is 93.5 Å². The van der Waals surface area contributed by atoms with Gasteiger partial charge in [0.15, 0.2) is 0 Å². The van der Waals surface area contributed by atoms with Crippen LogP contribution in [0.25, 0.3) is 0 Å². The number of carbonyl (C=O) groups is 9. The molecule has 18 nitrogen and oxygen atoms in total. The normalized spacial score (nSPS) is 18.0. The molecule has 0 radical (unpaired) electrons. The Labute approximate surface area is 446 Å². The molecule has 0 unspecified atom stereocenters. The fourth-order valence-corrected chi connectivity index (χ4v) is 11.5. The smallest absolute Gasteiger partial charge is 0.308 e. The van der Waals surface area contributed by atoms with Gasteiger partial charge in [0.2, 0.25) is 0 Å². The summed E-state index contributed by atoms with van der Waals surface area (Å²) in [6.07, 6.45) is 0. The summed E-state index contributed by atoms with van der Waals surface area (Å²) in [7, 11) is 0. The molecule has 0 aliphatic heterocycles. The van der Waals surface area contributed by atoms with Crippen LogP contribution in [-0.2, 0) is 43.2 Å². The van der Waals surface area contributed by atoms with Crippen LogP contribution in [0.3, 0.4) is 0 Å². The maximum absolute atomic E-state index is 13.7. The maximum atomic E-state index is 13.7. The van der Waals surface area contributed by atoms with Gasteiger partial charge in [-0.2, -0.15) is 0 Å². The van der Waals surface area contributed by atoms with Crippen LogP contribution in [-0.4, -0.2) is 53.7 Å². The predicted molar refractivity (Wildman–Crippen MR) is 273 cm³/mol. The van der Waals surface area contributed by atoms with E-state index < -0.39 is 89.2 Å². The second-order valence-corrected chi connectivity index (χ2v) is 19.0. The SMILES string of the molecule is CC(=O)Oc1ccc([C@@H]2c3cc(OC(C)=O)ccc3[C@@H]3c4c(OC(C)=O)cc(OC(C)=O)cc4[C@@H]2c2c(OC(C)=O)cc(OC(C)=O)c4c2[C@@H]3[C@H](c2ccc(OC(C)=O)cc2)[C@@H]4c2cc(OC(C)=O)cc(OC(C)=O)c2)cc1. The lowest BCUT2D eigenvalue weighted by molar-refractivity contribution is -0.133. The van der Waals surface area contributed by atoms with Crippen molar-refractivity contribution >= 4 is 53.7 Å². The summed E-state index contributed by atoms with van der Waals surface area (Å²) in [4.78, 5) is 116. The topological polar surface area (TPSA) is 237 Å². The molecule has 0 amide bonds. The van der Waals surface area contributed by atoms with Gasteiger partial charge in [0.25, 0.3) is 0 Å². The minimum absolute atomic E-state index is 0.0112. The molecule has 0 aromatic heterocycles. The molecule has 6 atom stereocenters. The summed E-state index contributed by atoms with van der Waals surface area (Å²) in [6.45, 7) is 11.0. The van der Waals surface area contributed by atoms with Crippen LogP contribution >= 0.6 is 0 Å². The van der Waals surface area contributed by atoms with Crippen LogP contribution in [0.4, 0.5) is 0 Å². The van der Waals surface area contributed by atoms with E-state index in [1.807, 2.05) is 0 Å². The van der Waals surface area contributed by atoms with Gasteiger partial charge in [-0.1, -0.05) is 30.3 Å². The van der Waals surface area contributed by atoms with Gasteiger partial charge in [0.1, 0.15) is 51.7 Å². The summed E-state index contributed by atoms with van der Waals surface area (Å²) in [5, 5.41) is 0. The Bertz CT molecular complexity index is 3500. The van der Waals surface area contributed by atoms with Crippen molar-refractivity contribution in [2.24, 2.45) is 0 Å². The molecular formula is C60H50O18. The van der Waals surface area contributed by atoms with Gasteiger partial charge in [-0.15, -0.1) is 0 Å². The fourth-order valence-electron chi connectivity index (χ4n) is 11.5. The van der Waals surface area contributed by atoms with Crippen molar-refractivity contribution in [3.63, 3.8) is 0 Å². The number of esters is 9. The van der Waals surface area contributed by atoms with Crippen molar-refractivity contribution in [3.05, 3.63) is 159 Å². The minimum Gasteiger partial charge on any atom is -0.427 e. The third-order valence-corrected chi connectivity index (χ3v) is 13.4. The van der Waals surface area contributed by atoms with Crippen LogP contribution in [0.5, 0.6) is 51.7 Å². The number of hydrogen-bond acceptors (Lipinski definition) is 18. The van der Waals surface area contributed by atoms with E-state index in [9.17, 15) is 43.2 Å². The van der Waals surface area contributed by atoms with Gasteiger partial charge in [-0.3, -0.25) is 43.2 Å². The summed E-state index contributed by atoms with van der Waals surface area (Å²) in [5.74, 6) is -11.5. The number of carbonyl (C=O) groups excluding carboxylic acids is 9. The van der Waals surface area contributed by atoms with Crippen LogP contribution in [0.15, 0.2) is 103 Å². The Morgan fingerprint density at radius 1 is 0.256 bits per heavy atom. The molecule has 0 heterocycles. The third kappa shape index (κ3) is 10.7. The molecule has 18 heteroatoms. The Kier molecular flexibility index (Phi) is 14.6. The Morgan fingerprint density at radius 2 is 0.641 bits per heavy atom. The number of benzene rings is 6. The molecule has 0 spiro atoms. The molecular weight excluding hydrogens is 1010 g/mol. The Morgan fingerprint density at radius 3 is 1.12 bits per heavy atom. The number of hydrogen-bond donors (Lipinski definition) is 0. The summed E-state index contributed by atoms with van der Waals surface area (Å²) >= 11 is 0. The van der Waals surface area contributed by atoms with E-state index in [1.54, 1.807) is 84.9 Å². The molecule has 0 saturated carbocycles. The highest BCUT2D eigenvalue weighted by molar-refractivity contribution is 5.82. The molecule has 3 aliphatic carbocycles. The largest absolute Gasteiger partial charge is 0.427 e. The highest BCUT2D eigenvalue weighted by Gasteiger charge is 2.57. The summed E-state index contributed by atoms with van der Waals surface area (Å²) in [5.41, 5.74) is 4.77. The quantitative estimate of drug-likeness (QED) is 0.0819. The third-order valence-electron chi connectivity index (χ3n) is 13.4. The van der Waals surface area contributed by atoms with E-state index >= 15 is 0 Å². The van der Waals surface area contributed by atoms with E-state index in [-0.39, 0.29) is 51.7 Å². The minimum atomic E-state index is -1.09. The van der Waals surface area contributed by atoms with Crippen molar-refractivity contribution in [3.8, 4) is 51.7 Å². The van der Waals surface area contributed by atoms with Gasteiger partial charge >= 0.3 is 53.7 Å². The van der Waals surface area contributed by atoms with E-state index in [0.29, 0.717) is 55.6 Å². The first-order valence-corrected chi connectivity index (χ1v) is 24.6. The monoisotopic (exact) mass is 1060 g/mol. The predicted octanol–water partition coefficient (Wildman–Crippen LogP) is 9.45. The average Bonchev–Trinajstić information content (AvgIpc) is 3.01. The maximum Gasteiger partial charge on any atom is 0.308 e. The van der Waals surface area contributed by atoms with E-state index in [4.69, 9.17) is 42.6 Å². The van der Waals surface area contributed by atoms with Gasteiger partial charge in [-0.25, -0.2) is 0 Å². The lowest BCUT2D eigenvalue weighted by Crippen LogP contribution is -2.23. The van der Waals surface area contributed by atoms with Gasteiger partial charge in [0.05, 0.1) is 0 Å². The molecule has 398 valence electrons. The first-order chi connectivity index (χ1) is 37.0. The number of fused-ring (bicyclic) bond motifs is 4. The second-order valence-electron chi connectivity index (χ2n) is 19.0. The standard InChI is InChI=1S/C60H50O18/c1-27(61)70-39-14-10-36(11-15-39)51-46-23-41(72-29(3)63)18-19-45(46)55-54-47(24-44(75-32(6)66)25-48(54)76-33(7)67)56(51)58-50(78-35(9)69)26-49(77-34(8)68)57-53(38-20-42(73-30(4)64)22-43(21-38)74-31(5)65)52(59(55)60(57)58)37-12-16-40(17-13-37)71-28(2)62/h10-26,51-53,55-56,59H,1-9H3/t51-,52-,53+,55-,56+,59-/m1/s1. The highest BCUT2D eigenvalue weighted by Crippen LogP contribution is 2.72. The molecule has 2 bridgehead atoms. The molecule has 78 heavy (non-hydrogen) atoms. The molecule has 6 aromatic carbocycles. The lowest BCUT2D eigenvalue weighted by Gasteiger charge is -2.37. The van der Waals surface area contributed by atoms with Gasteiger partial charge < -0.3 is 42.6 Å². The average molecular weight is 1060 g/mol. The molecule has 0 fully saturated rings. The number of rotatable bonds is 12. The summed E-state index contributed by atoms with van der Waals surface area (Å²) in [6, 6.07) is 27.6. The molecule has 9 rings (SSSR count). The lowest BCUT2D eigenvalue weighted by atomic mass is 9.66. The molecule has 0 saturated heterocycles. The fraction of sp³-hybridized carbons (Fsp3) is 0.250. The van der Waals surface area contributed by atoms with Gasteiger partial charge in [0, 0.05) is 133 Å². The Balaban J connectivity index is 1.54. The van der Waals surface area contributed by atoms with E-state index in [1.165, 1.54) is 80.5 Å². The molecule has 0 N–H and O–H groups in total. The highest BCUT2D eigenvalue weighted by atomic mass is 16.6. The van der Waals surface area contributed by atoms with E-state index in [2.05, 4.69) is 0 Å². The van der Waals surface area contributed by atoms with Crippen molar-refractivity contribution in [2.75, 3.05) is 0 Å².